The molecule has 1 aromatic carbocycles. The third-order valence-electron chi connectivity index (χ3n) is 3.33. The van der Waals surface area contributed by atoms with Gasteiger partial charge in [-0.3, -0.25) is 14.9 Å². The second-order valence-electron chi connectivity index (χ2n) is 5.09. The second kappa shape index (κ2) is 6.47. The molecule has 1 amide bonds. The SMILES string of the molecule is Cc1ccc([N+](=O)[O-])cc1C(=O)NCCCNC1CC1. The lowest BCUT2D eigenvalue weighted by Crippen LogP contribution is -2.28. The molecule has 0 aliphatic heterocycles. The van der Waals surface area contributed by atoms with Gasteiger partial charge in [-0.15, -0.1) is 0 Å². The molecule has 0 unspecified atom stereocenters. The average molecular weight is 277 g/mol. The molecule has 1 aliphatic carbocycles. The van der Waals surface area contributed by atoms with Crippen LogP contribution in [0.25, 0.3) is 0 Å². The van der Waals surface area contributed by atoms with E-state index < -0.39 is 4.92 Å². The molecular formula is C14H19N3O3. The molecule has 2 N–H and O–H groups in total. The van der Waals surface area contributed by atoms with Crippen molar-refractivity contribution < 1.29 is 9.72 Å². The lowest BCUT2D eigenvalue weighted by molar-refractivity contribution is -0.384. The van der Waals surface area contributed by atoms with E-state index in [0.29, 0.717) is 18.2 Å². The van der Waals surface area contributed by atoms with E-state index in [2.05, 4.69) is 10.6 Å². The molecule has 6 heteroatoms. The average Bonchev–Trinajstić information content (AvgIpc) is 3.22. The quantitative estimate of drug-likeness (QED) is 0.452. The summed E-state index contributed by atoms with van der Waals surface area (Å²) in [6.45, 7) is 3.23. The molecule has 0 bridgehead atoms. The Labute approximate surface area is 117 Å². The number of rotatable bonds is 7. The van der Waals surface area contributed by atoms with Gasteiger partial charge in [0.2, 0.25) is 0 Å². The minimum Gasteiger partial charge on any atom is -0.352 e. The standard InChI is InChI=1S/C14H19N3O3/c1-10-3-6-12(17(19)20)9-13(10)14(18)16-8-2-7-15-11-4-5-11/h3,6,9,11,15H,2,4-5,7-8H2,1H3,(H,16,18). The Hall–Kier alpha value is -1.95. The first-order chi connectivity index (χ1) is 9.58. The van der Waals surface area contributed by atoms with Gasteiger partial charge < -0.3 is 10.6 Å². The van der Waals surface area contributed by atoms with Crippen molar-refractivity contribution in [2.45, 2.75) is 32.2 Å². The molecule has 6 nitrogen and oxygen atoms in total. The maximum atomic E-state index is 12.0. The van der Waals surface area contributed by atoms with Crippen molar-refractivity contribution in [3.05, 3.63) is 39.4 Å². The summed E-state index contributed by atoms with van der Waals surface area (Å²) in [5, 5.41) is 16.9. The molecule has 1 aliphatic rings. The van der Waals surface area contributed by atoms with Crippen LogP contribution in [0.4, 0.5) is 5.69 Å². The van der Waals surface area contributed by atoms with Crippen molar-refractivity contribution in [3.8, 4) is 0 Å². The number of amides is 1. The summed E-state index contributed by atoms with van der Waals surface area (Å²) >= 11 is 0. The normalized spacial score (nSPS) is 14.1. The second-order valence-corrected chi connectivity index (χ2v) is 5.09. The van der Waals surface area contributed by atoms with Gasteiger partial charge in [-0.2, -0.15) is 0 Å². The fourth-order valence-corrected chi connectivity index (χ4v) is 1.95. The van der Waals surface area contributed by atoms with Gasteiger partial charge in [-0.25, -0.2) is 0 Å². The number of non-ortho nitro benzene ring substituents is 1. The van der Waals surface area contributed by atoms with Crippen molar-refractivity contribution in [1.29, 1.82) is 0 Å². The summed E-state index contributed by atoms with van der Waals surface area (Å²) in [7, 11) is 0. The van der Waals surface area contributed by atoms with E-state index in [-0.39, 0.29) is 11.6 Å². The highest BCUT2D eigenvalue weighted by Gasteiger charge is 2.19. The van der Waals surface area contributed by atoms with Gasteiger partial charge >= 0.3 is 0 Å². The number of benzene rings is 1. The summed E-state index contributed by atoms with van der Waals surface area (Å²) in [5.41, 5.74) is 1.05. The minimum atomic E-state index is -0.490. The number of carbonyl (C=O) groups is 1. The maximum Gasteiger partial charge on any atom is 0.270 e. The van der Waals surface area contributed by atoms with Gasteiger partial charge in [0.1, 0.15) is 0 Å². The van der Waals surface area contributed by atoms with E-state index in [1.54, 1.807) is 13.0 Å². The van der Waals surface area contributed by atoms with Crippen molar-refractivity contribution in [1.82, 2.24) is 10.6 Å². The summed E-state index contributed by atoms with van der Waals surface area (Å²) in [5.74, 6) is -0.252. The molecule has 1 fully saturated rings. The molecule has 2 rings (SSSR count). The summed E-state index contributed by atoms with van der Waals surface area (Å²) in [4.78, 5) is 22.2. The number of nitrogens with one attached hydrogen (secondary N) is 2. The van der Waals surface area contributed by atoms with E-state index in [1.165, 1.54) is 25.0 Å². The zero-order valence-corrected chi connectivity index (χ0v) is 11.5. The Balaban J connectivity index is 1.83. The molecule has 108 valence electrons. The lowest BCUT2D eigenvalue weighted by atomic mass is 10.1. The zero-order chi connectivity index (χ0) is 14.5. The van der Waals surface area contributed by atoms with E-state index in [9.17, 15) is 14.9 Å². The minimum absolute atomic E-state index is 0.0591. The molecule has 1 aromatic rings. The van der Waals surface area contributed by atoms with E-state index in [1.807, 2.05) is 0 Å². The van der Waals surface area contributed by atoms with Crippen molar-refractivity contribution in [2.24, 2.45) is 0 Å². The Kier molecular flexibility index (Phi) is 4.68. The van der Waals surface area contributed by atoms with Crippen LogP contribution in [0.1, 0.15) is 35.2 Å². The third kappa shape index (κ3) is 4.03. The van der Waals surface area contributed by atoms with Gasteiger partial charge in [-0.1, -0.05) is 6.07 Å². The first-order valence-corrected chi connectivity index (χ1v) is 6.84. The molecule has 0 aromatic heterocycles. The van der Waals surface area contributed by atoms with Gasteiger partial charge in [0.15, 0.2) is 0 Å². The van der Waals surface area contributed by atoms with E-state index in [0.717, 1.165) is 18.5 Å². The summed E-state index contributed by atoms with van der Waals surface area (Å²) in [6.07, 6.45) is 3.36. The highest BCUT2D eigenvalue weighted by atomic mass is 16.6. The Bertz CT molecular complexity index is 512. The van der Waals surface area contributed by atoms with Gasteiger partial charge in [-0.05, 0) is 38.3 Å². The summed E-state index contributed by atoms with van der Waals surface area (Å²) in [6, 6.07) is 5.00. The van der Waals surface area contributed by atoms with Crippen LogP contribution in [0.3, 0.4) is 0 Å². The highest BCUT2D eigenvalue weighted by Crippen LogP contribution is 2.18. The van der Waals surface area contributed by atoms with Crippen molar-refractivity contribution in [3.63, 3.8) is 0 Å². The van der Waals surface area contributed by atoms with Crippen molar-refractivity contribution >= 4 is 11.6 Å². The summed E-state index contributed by atoms with van der Waals surface area (Å²) < 4.78 is 0. The predicted octanol–water partition coefficient (Wildman–Crippen LogP) is 1.78. The number of hydrogen-bond acceptors (Lipinski definition) is 4. The van der Waals surface area contributed by atoms with Crippen LogP contribution in [0.15, 0.2) is 18.2 Å². The Morgan fingerprint density at radius 3 is 2.80 bits per heavy atom. The Morgan fingerprint density at radius 2 is 2.15 bits per heavy atom. The monoisotopic (exact) mass is 277 g/mol. The fraction of sp³-hybridized carbons (Fsp3) is 0.500. The van der Waals surface area contributed by atoms with E-state index >= 15 is 0 Å². The maximum absolute atomic E-state index is 12.0. The van der Waals surface area contributed by atoms with Crippen LogP contribution >= 0.6 is 0 Å². The number of nitro groups is 1. The number of hydrogen-bond donors (Lipinski definition) is 2. The van der Waals surface area contributed by atoms with Crippen LogP contribution in [0.5, 0.6) is 0 Å². The van der Waals surface area contributed by atoms with Crippen LogP contribution < -0.4 is 10.6 Å². The fourth-order valence-electron chi connectivity index (χ4n) is 1.95. The zero-order valence-electron chi connectivity index (χ0n) is 11.5. The highest BCUT2D eigenvalue weighted by molar-refractivity contribution is 5.96. The molecule has 1 saturated carbocycles. The van der Waals surface area contributed by atoms with Gasteiger partial charge in [0.25, 0.3) is 11.6 Å². The van der Waals surface area contributed by atoms with Crippen LogP contribution in [0, 0.1) is 17.0 Å². The molecule has 0 saturated heterocycles. The topological polar surface area (TPSA) is 84.3 Å². The molecule has 0 atom stereocenters. The van der Waals surface area contributed by atoms with Gasteiger partial charge in [0, 0.05) is 30.3 Å². The molecular weight excluding hydrogens is 258 g/mol. The number of aryl methyl sites for hydroxylation is 1. The van der Waals surface area contributed by atoms with Crippen LogP contribution in [-0.4, -0.2) is 30.0 Å². The first-order valence-electron chi connectivity index (χ1n) is 6.84. The predicted molar refractivity (Wildman–Crippen MR) is 75.8 cm³/mol. The molecule has 0 heterocycles. The number of carbonyl (C=O) groups excluding carboxylic acids is 1. The van der Waals surface area contributed by atoms with Crippen molar-refractivity contribution in [2.75, 3.05) is 13.1 Å². The largest absolute Gasteiger partial charge is 0.352 e. The smallest absolute Gasteiger partial charge is 0.270 e. The lowest BCUT2D eigenvalue weighted by Gasteiger charge is -2.08. The third-order valence-corrected chi connectivity index (χ3v) is 3.33. The van der Waals surface area contributed by atoms with E-state index in [4.69, 9.17) is 0 Å². The van der Waals surface area contributed by atoms with Crippen LogP contribution in [-0.2, 0) is 0 Å². The number of nitro benzene ring substituents is 1. The van der Waals surface area contributed by atoms with Gasteiger partial charge in [0.05, 0.1) is 4.92 Å². The number of nitrogens with zero attached hydrogens (tertiary/aromatic N) is 1. The molecule has 0 radical (unpaired) electrons. The first kappa shape index (κ1) is 14.5. The molecule has 0 spiro atoms. The molecule has 20 heavy (non-hydrogen) atoms. The Morgan fingerprint density at radius 1 is 1.40 bits per heavy atom. The van der Waals surface area contributed by atoms with Crippen LogP contribution in [0.2, 0.25) is 0 Å².